The number of carbonyl (C=O) groups excluding carboxylic acids is 3. The number of anilines is 1. The van der Waals surface area contributed by atoms with Crippen LogP contribution in [0.4, 0.5) is 5.69 Å². The molecule has 2 aliphatic heterocycles. The molecule has 2 heterocycles. The van der Waals surface area contributed by atoms with E-state index in [4.69, 9.17) is 4.74 Å². The van der Waals surface area contributed by atoms with Gasteiger partial charge in [-0.3, -0.25) is 9.59 Å². The third kappa shape index (κ3) is 3.26. The van der Waals surface area contributed by atoms with Crippen LogP contribution >= 0.6 is 0 Å². The van der Waals surface area contributed by atoms with Crippen LogP contribution in [-0.2, 0) is 19.1 Å². The van der Waals surface area contributed by atoms with E-state index < -0.39 is 23.3 Å². The van der Waals surface area contributed by atoms with Gasteiger partial charge in [-0.05, 0) is 38.0 Å². The van der Waals surface area contributed by atoms with E-state index in [2.05, 4.69) is 0 Å². The molecule has 0 radical (unpaired) electrons. The number of ether oxygens (including phenoxy) is 1. The van der Waals surface area contributed by atoms with E-state index in [0.717, 1.165) is 11.1 Å². The molecule has 6 heteroatoms. The first kappa shape index (κ1) is 21.2. The molecule has 2 aromatic carbocycles. The second kappa shape index (κ2) is 8.27. The summed E-state index contributed by atoms with van der Waals surface area (Å²) in [5.41, 5.74) is 1.45. The van der Waals surface area contributed by atoms with Crippen molar-refractivity contribution < 1.29 is 24.4 Å². The van der Waals surface area contributed by atoms with E-state index >= 15 is 0 Å². The number of hydrogen-bond acceptors (Lipinski definition) is 4. The van der Waals surface area contributed by atoms with Crippen molar-refractivity contribution in [3.05, 3.63) is 65.7 Å². The Hall–Kier alpha value is -2.99. The molecule has 2 fully saturated rings. The van der Waals surface area contributed by atoms with Crippen LogP contribution in [0.15, 0.2) is 54.6 Å². The average molecular weight is 422 g/mol. The first-order chi connectivity index (χ1) is 15.0. The SMILES string of the molecule is CCC[C@]1(C(=O)OCC)[NH2+][C@@H](c2ccccc2C)[C@H]2C(=O)N(c3ccccc3)C(=O)[C@@H]21. The maximum absolute atomic E-state index is 13.7. The van der Waals surface area contributed by atoms with Gasteiger partial charge in [-0.2, -0.15) is 0 Å². The van der Waals surface area contributed by atoms with Gasteiger partial charge < -0.3 is 10.1 Å². The van der Waals surface area contributed by atoms with Gasteiger partial charge in [0, 0.05) is 12.0 Å². The number of para-hydroxylation sites is 1. The lowest BCUT2D eigenvalue weighted by atomic mass is 9.76. The fraction of sp³-hybridized carbons (Fsp3) is 0.400. The van der Waals surface area contributed by atoms with Gasteiger partial charge in [0.1, 0.15) is 17.9 Å². The number of esters is 1. The van der Waals surface area contributed by atoms with E-state index in [9.17, 15) is 14.4 Å². The first-order valence-corrected chi connectivity index (χ1v) is 11.0. The van der Waals surface area contributed by atoms with Gasteiger partial charge in [-0.25, -0.2) is 9.69 Å². The van der Waals surface area contributed by atoms with Crippen LogP contribution in [0, 0.1) is 18.8 Å². The molecule has 0 unspecified atom stereocenters. The normalized spacial score (nSPS) is 27.5. The number of benzene rings is 2. The lowest BCUT2D eigenvalue weighted by Gasteiger charge is -2.29. The van der Waals surface area contributed by atoms with E-state index in [-0.39, 0.29) is 24.5 Å². The van der Waals surface area contributed by atoms with Crippen LogP contribution in [-0.4, -0.2) is 29.9 Å². The van der Waals surface area contributed by atoms with Crippen molar-refractivity contribution in [3.63, 3.8) is 0 Å². The summed E-state index contributed by atoms with van der Waals surface area (Å²) in [5, 5.41) is 1.95. The fourth-order valence-electron chi connectivity index (χ4n) is 5.41. The number of fused-ring (bicyclic) bond motifs is 1. The third-order valence-electron chi connectivity index (χ3n) is 6.65. The summed E-state index contributed by atoms with van der Waals surface area (Å²) in [4.78, 5) is 42.0. The number of rotatable bonds is 6. The molecule has 2 aliphatic rings. The van der Waals surface area contributed by atoms with Crippen LogP contribution in [0.1, 0.15) is 43.9 Å². The van der Waals surface area contributed by atoms with Crippen LogP contribution in [0.25, 0.3) is 0 Å². The van der Waals surface area contributed by atoms with Gasteiger partial charge in [-0.15, -0.1) is 0 Å². The van der Waals surface area contributed by atoms with Crippen molar-refractivity contribution in [1.82, 2.24) is 0 Å². The highest BCUT2D eigenvalue weighted by Gasteiger charge is 2.72. The third-order valence-corrected chi connectivity index (χ3v) is 6.65. The summed E-state index contributed by atoms with van der Waals surface area (Å²) >= 11 is 0. The molecular weight excluding hydrogens is 392 g/mol. The molecule has 0 aliphatic carbocycles. The minimum Gasteiger partial charge on any atom is -0.461 e. The quantitative estimate of drug-likeness (QED) is 0.574. The Bertz CT molecular complexity index is 1010. The van der Waals surface area contributed by atoms with Crippen LogP contribution < -0.4 is 10.2 Å². The average Bonchev–Trinajstić information content (AvgIpc) is 3.24. The standard InChI is InChI=1S/C25H28N2O4/c1-4-15-25(24(30)31-5-2)20-19(21(26-25)18-14-10-9-11-16(18)3)22(28)27(23(20)29)17-12-7-6-8-13-17/h6-14,19-21,26H,4-5,15H2,1-3H3/p+1/t19-,20+,21-,25-/m0/s1. The lowest BCUT2D eigenvalue weighted by molar-refractivity contribution is -0.734. The van der Waals surface area contributed by atoms with Crippen molar-refractivity contribution >= 4 is 23.5 Å². The van der Waals surface area contributed by atoms with Crippen molar-refractivity contribution in [2.24, 2.45) is 11.8 Å². The second-order valence-electron chi connectivity index (χ2n) is 8.41. The van der Waals surface area contributed by atoms with Crippen molar-refractivity contribution in [2.75, 3.05) is 11.5 Å². The Morgan fingerprint density at radius 2 is 1.71 bits per heavy atom. The van der Waals surface area contributed by atoms with Gasteiger partial charge in [0.25, 0.3) is 0 Å². The number of imide groups is 1. The van der Waals surface area contributed by atoms with Gasteiger partial charge in [-0.1, -0.05) is 49.4 Å². The minimum atomic E-state index is -1.11. The Labute approximate surface area is 182 Å². The zero-order valence-corrected chi connectivity index (χ0v) is 18.2. The second-order valence-corrected chi connectivity index (χ2v) is 8.41. The van der Waals surface area contributed by atoms with Gasteiger partial charge in [0.15, 0.2) is 0 Å². The number of quaternary nitrogens is 1. The summed E-state index contributed by atoms with van der Waals surface area (Å²) in [5.74, 6) is -2.34. The zero-order chi connectivity index (χ0) is 22.2. The molecule has 4 atom stereocenters. The molecule has 162 valence electrons. The summed E-state index contributed by atoms with van der Waals surface area (Å²) < 4.78 is 5.48. The van der Waals surface area contributed by atoms with Crippen molar-refractivity contribution in [2.45, 2.75) is 45.2 Å². The summed E-state index contributed by atoms with van der Waals surface area (Å²) in [6.45, 7) is 5.98. The Kier molecular flexibility index (Phi) is 5.67. The lowest BCUT2D eigenvalue weighted by Crippen LogP contribution is -2.98. The first-order valence-electron chi connectivity index (χ1n) is 11.0. The number of nitrogens with two attached hydrogens (primary N) is 1. The Morgan fingerprint density at radius 3 is 2.35 bits per heavy atom. The highest BCUT2D eigenvalue weighted by Crippen LogP contribution is 2.47. The highest BCUT2D eigenvalue weighted by atomic mass is 16.5. The number of aryl methyl sites for hydroxylation is 1. The molecule has 4 rings (SSSR count). The van der Waals surface area contributed by atoms with Crippen LogP contribution in [0.3, 0.4) is 0 Å². The largest absolute Gasteiger partial charge is 0.461 e. The van der Waals surface area contributed by atoms with E-state index in [1.807, 2.05) is 49.5 Å². The molecule has 6 nitrogen and oxygen atoms in total. The molecule has 2 N–H and O–H groups in total. The number of amides is 2. The minimum absolute atomic E-state index is 0.231. The maximum Gasteiger partial charge on any atom is 0.368 e. The maximum atomic E-state index is 13.7. The number of hydrogen-bond donors (Lipinski definition) is 1. The smallest absolute Gasteiger partial charge is 0.368 e. The van der Waals surface area contributed by atoms with Crippen molar-refractivity contribution in [1.29, 1.82) is 0 Å². The molecule has 2 amide bonds. The summed E-state index contributed by atoms with van der Waals surface area (Å²) in [7, 11) is 0. The molecule has 0 aromatic heterocycles. The molecular formula is C25H29N2O4+. The van der Waals surface area contributed by atoms with E-state index in [1.54, 1.807) is 31.2 Å². The van der Waals surface area contributed by atoms with Gasteiger partial charge >= 0.3 is 5.97 Å². The predicted molar refractivity (Wildman–Crippen MR) is 116 cm³/mol. The van der Waals surface area contributed by atoms with Crippen molar-refractivity contribution in [3.8, 4) is 0 Å². The van der Waals surface area contributed by atoms with E-state index in [1.165, 1.54) is 4.90 Å². The molecule has 0 spiro atoms. The summed E-state index contributed by atoms with van der Waals surface area (Å²) in [6.07, 6.45) is 1.17. The van der Waals surface area contributed by atoms with Crippen LogP contribution in [0.2, 0.25) is 0 Å². The topological polar surface area (TPSA) is 80.3 Å². The Balaban J connectivity index is 1.88. The van der Waals surface area contributed by atoms with Gasteiger partial charge in [0.2, 0.25) is 17.4 Å². The molecule has 0 bridgehead atoms. The Morgan fingerprint density at radius 1 is 1.03 bits per heavy atom. The number of nitrogens with zero attached hydrogens (tertiary/aromatic N) is 1. The monoisotopic (exact) mass is 421 g/mol. The highest BCUT2D eigenvalue weighted by molar-refractivity contribution is 6.23. The van der Waals surface area contributed by atoms with Gasteiger partial charge in [0.05, 0.1) is 12.3 Å². The van der Waals surface area contributed by atoms with Crippen LogP contribution in [0.5, 0.6) is 0 Å². The fourth-order valence-corrected chi connectivity index (χ4v) is 5.41. The molecule has 31 heavy (non-hydrogen) atoms. The molecule has 2 saturated heterocycles. The molecule has 0 saturated carbocycles. The van der Waals surface area contributed by atoms with E-state index in [0.29, 0.717) is 18.5 Å². The zero-order valence-electron chi connectivity index (χ0n) is 18.2. The predicted octanol–water partition coefficient (Wildman–Crippen LogP) is 2.52. The molecule has 2 aromatic rings. The number of carbonyl (C=O) groups is 3. The summed E-state index contributed by atoms with van der Waals surface area (Å²) in [6, 6.07) is 16.5.